The Kier molecular flexibility index (Phi) is 4.20. The number of pyridine rings is 1. The van der Waals surface area contributed by atoms with Crippen molar-refractivity contribution in [1.82, 2.24) is 10.4 Å². The first kappa shape index (κ1) is 14.1. The maximum Gasteiger partial charge on any atom is 0.311 e. The molecule has 0 atom stereocenters. The van der Waals surface area contributed by atoms with E-state index in [4.69, 9.17) is 0 Å². The molecular formula is C13H10N4O4. The minimum atomic E-state index is -0.706. The fraction of sp³-hybridized carbons (Fsp3) is 0. The molecule has 0 radical (unpaired) electrons. The third-order valence-corrected chi connectivity index (χ3v) is 2.52. The van der Waals surface area contributed by atoms with Crippen molar-refractivity contribution in [3.63, 3.8) is 0 Å². The molecule has 8 nitrogen and oxygen atoms in total. The molecule has 106 valence electrons. The number of amides is 1. The van der Waals surface area contributed by atoms with Gasteiger partial charge in [0.15, 0.2) is 5.75 Å². The fourth-order valence-corrected chi connectivity index (χ4v) is 1.50. The molecule has 0 unspecified atom stereocenters. The Morgan fingerprint density at radius 1 is 1.33 bits per heavy atom. The predicted molar refractivity (Wildman–Crippen MR) is 74.1 cm³/mol. The minimum absolute atomic E-state index is 0.370. The van der Waals surface area contributed by atoms with E-state index < -0.39 is 22.3 Å². The summed E-state index contributed by atoms with van der Waals surface area (Å²) in [7, 11) is 0. The van der Waals surface area contributed by atoms with Crippen molar-refractivity contribution < 1.29 is 14.8 Å². The average molecular weight is 286 g/mol. The van der Waals surface area contributed by atoms with E-state index in [-0.39, 0.29) is 0 Å². The van der Waals surface area contributed by atoms with Crippen molar-refractivity contribution in [2.75, 3.05) is 0 Å². The van der Waals surface area contributed by atoms with Crippen molar-refractivity contribution in [1.29, 1.82) is 0 Å². The van der Waals surface area contributed by atoms with E-state index in [1.165, 1.54) is 42.9 Å². The van der Waals surface area contributed by atoms with E-state index in [1.54, 1.807) is 0 Å². The first-order valence-corrected chi connectivity index (χ1v) is 5.79. The lowest BCUT2D eigenvalue weighted by Crippen LogP contribution is -2.17. The van der Waals surface area contributed by atoms with Crippen molar-refractivity contribution >= 4 is 17.8 Å². The van der Waals surface area contributed by atoms with E-state index in [2.05, 4.69) is 15.5 Å². The van der Waals surface area contributed by atoms with Crippen LogP contribution in [0.2, 0.25) is 0 Å². The molecule has 0 saturated carbocycles. The van der Waals surface area contributed by atoms with Gasteiger partial charge in [-0.05, 0) is 24.3 Å². The van der Waals surface area contributed by atoms with Gasteiger partial charge < -0.3 is 5.11 Å². The van der Waals surface area contributed by atoms with E-state index in [0.717, 1.165) is 6.07 Å². The first-order valence-electron chi connectivity index (χ1n) is 5.79. The number of hydrogen-bond donors (Lipinski definition) is 2. The highest BCUT2D eigenvalue weighted by molar-refractivity contribution is 5.94. The van der Waals surface area contributed by atoms with Gasteiger partial charge in [0.1, 0.15) is 0 Å². The first-order chi connectivity index (χ1) is 10.1. The van der Waals surface area contributed by atoms with Crippen LogP contribution in [0.1, 0.15) is 15.9 Å². The minimum Gasteiger partial charge on any atom is -0.502 e. The van der Waals surface area contributed by atoms with Crippen LogP contribution in [0.3, 0.4) is 0 Å². The average Bonchev–Trinajstić information content (AvgIpc) is 2.49. The number of benzene rings is 1. The number of hydrogen-bond acceptors (Lipinski definition) is 6. The molecule has 0 aliphatic carbocycles. The molecule has 21 heavy (non-hydrogen) atoms. The van der Waals surface area contributed by atoms with Crippen molar-refractivity contribution in [2.24, 2.45) is 5.10 Å². The van der Waals surface area contributed by atoms with Crippen LogP contribution >= 0.6 is 0 Å². The monoisotopic (exact) mass is 286 g/mol. The molecule has 0 fully saturated rings. The van der Waals surface area contributed by atoms with Crippen LogP contribution in [0.5, 0.6) is 5.75 Å². The number of nitrogens with zero attached hydrogens (tertiary/aromatic N) is 3. The van der Waals surface area contributed by atoms with Gasteiger partial charge in [-0.3, -0.25) is 19.9 Å². The molecule has 0 aliphatic heterocycles. The molecular weight excluding hydrogens is 276 g/mol. The molecule has 0 bridgehead atoms. The number of carbonyl (C=O) groups excluding carboxylic acids is 1. The zero-order valence-corrected chi connectivity index (χ0v) is 10.6. The van der Waals surface area contributed by atoms with Crippen LogP contribution in [-0.2, 0) is 0 Å². The number of carbonyl (C=O) groups is 1. The molecule has 0 aliphatic rings. The highest BCUT2D eigenvalue weighted by Gasteiger charge is 2.12. The molecule has 2 rings (SSSR count). The molecule has 0 spiro atoms. The van der Waals surface area contributed by atoms with E-state index in [0.29, 0.717) is 11.1 Å². The van der Waals surface area contributed by atoms with Gasteiger partial charge in [0, 0.05) is 29.6 Å². The second-order valence-electron chi connectivity index (χ2n) is 3.94. The topological polar surface area (TPSA) is 118 Å². The number of nitrogens with one attached hydrogen (secondary N) is 1. The predicted octanol–water partition coefficient (Wildman–Crippen LogP) is 1.46. The Bertz CT molecular complexity index is 701. The summed E-state index contributed by atoms with van der Waals surface area (Å²) in [5.41, 5.74) is 2.61. The summed E-state index contributed by atoms with van der Waals surface area (Å²) in [5.74, 6) is -0.861. The number of nitro groups is 1. The molecule has 8 heteroatoms. The van der Waals surface area contributed by atoms with E-state index >= 15 is 0 Å². The van der Waals surface area contributed by atoms with Gasteiger partial charge >= 0.3 is 5.69 Å². The zero-order chi connectivity index (χ0) is 15.2. The lowest BCUT2D eigenvalue weighted by atomic mass is 10.2. The number of aromatic nitrogens is 1. The summed E-state index contributed by atoms with van der Waals surface area (Å²) in [6, 6.07) is 6.82. The number of aromatic hydroxyl groups is 1. The Hall–Kier alpha value is -3.29. The standard InChI is InChI=1S/C13H10N4O4/c18-12-2-1-9(7-11(12)17(20)21)8-15-16-13(19)10-3-5-14-6-4-10/h1-8,18H,(H,16,19)/b15-8-. The van der Waals surface area contributed by atoms with Gasteiger partial charge in [-0.25, -0.2) is 5.43 Å². The third kappa shape index (κ3) is 3.60. The normalized spacial score (nSPS) is 10.5. The molecule has 2 aromatic rings. The van der Waals surface area contributed by atoms with Crippen LogP contribution in [0, 0.1) is 10.1 Å². The van der Waals surface area contributed by atoms with E-state index in [1.807, 2.05) is 0 Å². The van der Waals surface area contributed by atoms with Gasteiger partial charge in [0.25, 0.3) is 5.91 Å². The fourth-order valence-electron chi connectivity index (χ4n) is 1.50. The summed E-state index contributed by atoms with van der Waals surface area (Å²) in [4.78, 5) is 25.4. The van der Waals surface area contributed by atoms with Gasteiger partial charge in [-0.15, -0.1) is 0 Å². The number of nitro benzene ring substituents is 1. The van der Waals surface area contributed by atoms with Crippen molar-refractivity contribution in [3.05, 3.63) is 64.0 Å². The van der Waals surface area contributed by atoms with E-state index in [9.17, 15) is 20.0 Å². The van der Waals surface area contributed by atoms with Crippen LogP contribution in [0.25, 0.3) is 0 Å². The zero-order valence-electron chi connectivity index (χ0n) is 10.6. The molecule has 1 heterocycles. The highest BCUT2D eigenvalue weighted by Crippen LogP contribution is 2.25. The Balaban J connectivity index is 2.07. The summed E-state index contributed by atoms with van der Waals surface area (Å²) < 4.78 is 0. The second-order valence-corrected chi connectivity index (χ2v) is 3.94. The van der Waals surface area contributed by atoms with Crippen molar-refractivity contribution in [2.45, 2.75) is 0 Å². The van der Waals surface area contributed by atoms with Crippen LogP contribution < -0.4 is 5.43 Å². The maximum atomic E-state index is 11.7. The Labute approximate surface area is 118 Å². The molecule has 1 aromatic carbocycles. The van der Waals surface area contributed by atoms with Gasteiger partial charge in [0.2, 0.25) is 0 Å². The molecule has 1 amide bonds. The maximum absolute atomic E-state index is 11.7. The summed E-state index contributed by atoms with van der Waals surface area (Å²) in [6.07, 6.45) is 4.19. The highest BCUT2D eigenvalue weighted by atomic mass is 16.6. The van der Waals surface area contributed by atoms with Crippen LogP contribution in [0.15, 0.2) is 47.8 Å². The lowest BCUT2D eigenvalue weighted by molar-refractivity contribution is -0.385. The molecule has 0 saturated heterocycles. The Morgan fingerprint density at radius 2 is 2.05 bits per heavy atom. The number of hydrazone groups is 1. The van der Waals surface area contributed by atoms with Crippen molar-refractivity contribution in [3.8, 4) is 5.75 Å². The largest absolute Gasteiger partial charge is 0.502 e. The van der Waals surface area contributed by atoms with Crippen LogP contribution in [-0.4, -0.2) is 27.1 Å². The number of rotatable bonds is 4. The van der Waals surface area contributed by atoms with Gasteiger partial charge in [-0.2, -0.15) is 5.10 Å². The Morgan fingerprint density at radius 3 is 2.71 bits per heavy atom. The number of phenolic OH excluding ortho intramolecular Hbond substituents is 1. The van der Waals surface area contributed by atoms with Crippen LogP contribution in [0.4, 0.5) is 5.69 Å². The lowest BCUT2D eigenvalue weighted by Gasteiger charge is -1.99. The van der Waals surface area contributed by atoms with Gasteiger partial charge in [-0.1, -0.05) is 0 Å². The number of phenols is 1. The summed E-state index contributed by atoms with van der Waals surface area (Å²) in [6.45, 7) is 0. The summed E-state index contributed by atoms with van der Waals surface area (Å²) in [5, 5.41) is 23.7. The van der Waals surface area contributed by atoms with Gasteiger partial charge in [0.05, 0.1) is 11.1 Å². The molecule has 1 aromatic heterocycles. The third-order valence-electron chi connectivity index (χ3n) is 2.52. The smallest absolute Gasteiger partial charge is 0.311 e. The summed E-state index contributed by atoms with van der Waals surface area (Å²) >= 11 is 0. The quantitative estimate of drug-likeness (QED) is 0.501. The SMILES string of the molecule is O=C(N/N=C\c1ccc(O)c([N+](=O)[O-])c1)c1ccncc1. The molecule has 2 N–H and O–H groups in total. The second kappa shape index (κ2) is 6.24.